The Morgan fingerprint density at radius 3 is 2.20 bits per heavy atom. The average molecular weight is 161 g/mol. The fourth-order valence-electron chi connectivity index (χ4n) is 1.63. The van der Waals surface area contributed by atoms with Gasteiger partial charge in [0, 0.05) is 12.2 Å². The van der Waals surface area contributed by atoms with Gasteiger partial charge in [-0.2, -0.15) is 0 Å². The number of hydrogen-bond donors (Lipinski definition) is 1. The highest BCUT2D eigenvalue weighted by Crippen LogP contribution is 2.46. The van der Waals surface area contributed by atoms with Gasteiger partial charge in [0.2, 0.25) is 0 Å². The zero-order valence-corrected chi connectivity index (χ0v) is 7.82. The maximum absolute atomic E-state index is 11.6. The quantitative estimate of drug-likeness (QED) is 0.586. The summed E-state index contributed by atoms with van der Waals surface area (Å²) in [5, 5.41) is 3.26. The molecular formula is C7H16NOP. The monoisotopic (exact) mass is 161 g/mol. The fourth-order valence-corrected chi connectivity index (χ4v) is 3.53. The average Bonchev–Trinajstić information content (AvgIpc) is 2.11. The minimum Gasteiger partial charge on any atom is -0.324 e. The van der Waals surface area contributed by atoms with Crippen molar-refractivity contribution < 1.29 is 4.57 Å². The van der Waals surface area contributed by atoms with Gasteiger partial charge in [0.25, 0.3) is 0 Å². The van der Waals surface area contributed by atoms with Gasteiger partial charge in [-0.1, -0.05) is 6.92 Å². The van der Waals surface area contributed by atoms with Crippen molar-refractivity contribution in [1.82, 2.24) is 5.32 Å². The van der Waals surface area contributed by atoms with Crippen molar-refractivity contribution in [2.75, 3.05) is 26.4 Å². The van der Waals surface area contributed by atoms with Crippen LogP contribution in [0.1, 0.15) is 6.92 Å². The van der Waals surface area contributed by atoms with Crippen molar-refractivity contribution >= 4 is 7.14 Å². The second-order valence-corrected chi connectivity index (χ2v) is 7.17. The van der Waals surface area contributed by atoms with Crippen LogP contribution in [-0.4, -0.2) is 32.1 Å². The Balaban J connectivity index is 2.64. The summed E-state index contributed by atoms with van der Waals surface area (Å²) < 4.78 is 11.6. The molecule has 1 N–H and O–H groups in total. The highest BCUT2D eigenvalue weighted by atomic mass is 31.2. The minimum atomic E-state index is -1.83. The molecule has 1 heterocycles. The van der Waals surface area contributed by atoms with Gasteiger partial charge in [0.1, 0.15) is 0 Å². The summed E-state index contributed by atoms with van der Waals surface area (Å²) in [6, 6.07) is 0. The molecule has 1 aliphatic heterocycles. The lowest BCUT2D eigenvalue weighted by Crippen LogP contribution is -2.15. The molecule has 0 aromatic rings. The molecule has 3 heteroatoms. The molecule has 10 heavy (non-hydrogen) atoms. The lowest BCUT2D eigenvalue weighted by Gasteiger charge is -2.18. The molecule has 0 spiro atoms. The predicted molar refractivity (Wildman–Crippen MR) is 45.3 cm³/mol. The van der Waals surface area contributed by atoms with E-state index in [0.29, 0.717) is 11.6 Å². The van der Waals surface area contributed by atoms with Gasteiger partial charge in [-0.15, -0.1) is 0 Å². The van der Waals surface area contributed by atoms with E-state index in [1.54, 1.807) is 0 Å². The predicted octanol–water partition coefficient (Wildman–Crippen LogP) is 1.22. The number of nitrogens with one attached hydrogen (secondary N) is 1. The molecule has 1 aliphatic rings. The summed E-state index contributed by atoms with van der Waals surface area (Å²) in [7, 11) is -1.83. The summed E-state index contributed by atoms with van der Waals surface area (Å²) in [6.45, 7) is 7.94. The largest absolute Gasteiger partial charge is 0.324 e. The Bertz CT molecular complexity index is 163. The van der Waals surface area contributed by atoms with Crippen LogP contribution in [0.4, 0.5) is 0 Å². The third-order valence-electron chi connectivity index (χ3n) is 2.28. The van der Waals surface area contributed by atoms with Gasteiger partial charge in [-0.05, 0) is 25.8 Å². The summed E-state index contributed by atoms with van der Waals surface area (Å²) in [5.41, 5.74) is 0.424. The highest BCUT2D eigenvalue weighted by molar-refractivity contribution is 7.63. The van der Waals surface area contributed by atoms with E-state index in [1.165, 1.54) is 0 Å². The van der Waals surface area contributed by atoms with Crippen molar-refractivity contribution in [3.05, 3.63) is 0 Å². The van der Waals surface area contributed by atoms with Crippen molar-refractivity contribution in [2.45, 2.75) is 12.6 Å². The van der Waals surface area contributed by atoms with Crippen LogP contribution in [0.2, 0.25) is 0 Å². The van der Waals surface area contributed by atoms with Gasteiger partial charge in [0.05, 0.1) is 7.14 Å². The number of rotatable bonds is 1. The van der Waals surface area contributed by atoms with E-state index >= 15 is 0 Å². The normalized spacial score (nSPS) is 34.7. The molecule has 0 aromatic carbocycles. The molecule has 1 fully saturated rings. The standard InChI is InChI=1S/C7H16NOP/c1-6-4-8-5-7(6)10(2,3)9/h6-8H,4-5H2,1-3H3/t6-,7+/m1/s1. The van der Waals surface area contributed by atoms with Crippen LogP contribution >= 0.6 is 7.14 Å². The molecule has 0 aliphatic carbocycles. The molecule has 1 rings (SSSR count). The van der Waals surface area contributed by atoms with Gasteiger partial charge >= 0.3 is 0 Å². The fraction of sp³-hybridized carbons (Fsp3) is 1.00. The van der Waals surface area contributed by atoms with Crippen LogP contribution in [0.15, 0.2) is 0 Å². The first-order chi connectivity index (χ1) is 4.52. The topological polar surface area (TPSA) is 29.1 Å². The van der Waals surface area contributed by atoms with Crippen LogP contribution < -0.4 is 5.32 Å². The molecule has 0 aromatic heterocycles. The maximum Gasteiger partial charge on any atom is 0.0863 e. The molecule has 2 nitrogen and oxygen atoms in total. The van der Waals surface area contributed by atoms with Gasteiger partial charge in [-0.25, -0.2) is 0 Å². The van der Waals surface area contributed by atoms with Gasteiger partial charge in [0.15, 0.2) is 0 Å². The van der Waals surface area contributed by atoms with E-state index in [0.717, 1.165) is 13.1 Å². The maximum atomic E-state index is 11.6. The second-order valence-electron chi connectivity index (χ2n) is 3.64. The van der Waals surface area contributed by atoms with Gasteiger partial charge < -0.3 is 9.88 Å². The first-order valence-electron chi connectivity index (χ1n) is 3.77. The van der Waals surface area contributed by atoms with Crippen LogP contribution in [-0.2, 0) is 4.57 Å². The van der Waals surface area contributed by atoms with Crippen LogP contribution in [0.25, 0.3) is 0 Å². The molecule has 0 saturated carbocycles. The Kier molecular flexibility index (Phi) is 2.21. The smallest absolute Gasteiger partial charge is 0.0863 e. The van der Waals surface area contributed by atoms with E-state index in [2.05, 4.69) is 12.2 Å². The van der Waals surface area contributed by atoms with Crippen molar-refractivity contribution in [3.8, 4) is 0 Å². The molecule has 0 amide bonds. The molecule has 0 unspecified atom stereocenters. The van der Waals surface area contributed by atoms with Crippen LogP contribution in [0.5, 0.6) is 0 Å². The molecule has 2 atom stereocenters. The Labute approximate surface area is 62.8 Å². The molecular weight excluding hydrogens is 145 g/mol. The van der Waals surface area contributed by atoms with E-state index in [1.807, 2.05) is 13.3 Å². The van der Waals surface area contributed by atoms with E-state index in [4.69, 9.17) is 0 Å². The van der Waals surface area contributed by atoms with Crippen LogP contribution in [0, 0.1) is 5.92 Å². The summed E-state index contributed by atoms with van der Waals surface area (Å²) in [4.78, 5) is 0. The summed E-state index contributed by atoms with van der Waals surface area (Å²) in [5.74, 6) is 0.598. The zero-order chi connectivity index (χ0) is 7.78. The van der Waals surface area contributed by atoms with E-state index < -0.39 is 7.14 Å². The summed E-state index contributed by atoms with van der Waals surface area (Å²) in [6.07, 6.45) is 0. The highest BCUT2D eigenvalue weighted by Gasteiger charge is 2.32. The first-order valence-corrected chi connectivity index (χ1v) is 6.44. The number of hydrogen-bond acceptors (Lipinski definition) is 2. The van der Waals surface area contributed by atoms with Crippen molar-refractivity contribution in [3.63, 3.8) is 0 Å². The third-order valence-corrected chi connectivity index (χ3v) is 4.56. The SMILES string of the molecule is C[C@@H]1CNC[C@@H]1P(C)(C)=O. The van der Waals surface area contributed by atoms with Crippen LogP contribution in [0.3, 0.4) is 0 Å². The zero-order valence-electron chi connectivity index (χ0n) is 6.92. The minimum absolute atomic E-state index is 0.424. The second kappa shape index (κ2) is 2.67. The van der Waals surface area contributed by atoms with Crippen molar-refractivity contribution in [2.24, 2.45) is 5.92 Å². The lowest BCUT2D eigenvalue weighted by atomic mass is 10.1. The Hall–Kier alpha value is 0.190. The lowest BCUT2D eigenvalue weighted by molar-refractivity contribution is 0.557. The van der Waals surface area contributed by atoms with Crippen molar-refractivity contribution in [1.29, 1.82) is 0 Å². The molecule has 1 saturated heterocycles. The van der Waals surface area contributed by atoms with E-state index in [-0.39, 0.29) is 0 Å². The molecule has 60 valence electrons. The van der Waals surface area contributed by atoms with Gasteiger partial charge in [-0.3, -0.25) is 0 Å². The summed E-state index contributed by atoms with van der Waals surface area (Å²) >= 11 is 0. The Morgan fingerprint density at radius 1 is 1.40 bits per heavy atom. The third kappa shape index (κ3) is 1.62. The molecule has 0 radical (unpaired) electrons. The Morgan fingerprint density at radius 2 is 2.00 bits per heavy atom. The van der Waals surface area contributed by atoms with E-state index in [9.17, 15) is 4.57 Å². The molecule has 0 bridgehead atoms. The first kappa shape index (κ1) is 8.29.